The maximum Gasteiger partial charge on any atom is 0.331 e. The Bertz CT molecular complexity index is 831. The van der Waals surface area contributed by atoms with Crippen molar-refractivity contribution >= 4 is 35.2 Å². The standard InChI is InChI=1S/C20H18ClNO3/c1-14-11-16-6-2-3-8-18(16)22(14)19(23)13-25-20(24)10-9-15-5-4-7-17(21)12-15/h2-10,12,14H,11,13H2,1H3/b10-9+/t14-/m0/s1. The summed E-state index contributed by atoms with van der Waals surface area (Å²) in [5, 5.41) is 0.590. The third kappa shape index (κ3) is 4.09. The predicted octanol–water partition coefficient (Wildman–Crippen LogP) is 3.87. The second-order valence-corrected chi connectivity index (χ2v) is 6.38. The molecule has 0 aromatic heterocycles. The van der Waals surface area contributed by atoms with Gasteiger partial charge in [0.15, 0.2) is 6.61 Å². The predicted molar refractivity (Wildman–Crippen MR) is 98.5 cm³/mol. The van der Waals surface area contributed by atoms with Crippen molar-refractivity contribution in [2.45, 2.75) is 19.4 Å². The Morgan fingerprint density at radius 3 is 2.84 bits per heavy atom. The number of rotatable bonds is 4. The molecule has 0 radical (unpaired) electrons. The van der Waals surface area contributed by atoms with Crippen LogP contribution in [-0.2, 0) is 20.7 Å². The Balaban J connectivity index is 1.58. The molecule has 1 aliphatic rings. The number of carbonyl (C=O) groups is 2. The molecule has 1 amide bonds. The van der Waals surface area contributed by atoms with Crippen LogP contribution in [0.4, 0.5) is 5.69 Å². The second kappa shape index (κ2) is 7.53. The normalized spacial score (nSPS) is 16.1. The molecule has 4 nitrogen and oxygen atoms in total. The molecule has 0 unspecified atom stereocenters. The zero-order chi connectivity index (χ0) is 17.8. The van der Waals surface area contributed by atoms with Gasteiger partial charge in [0.1, 0.15) is 0 Å². The zero-order valence-corrected chi connectivity index (χ0v) is 14.6. The maximum absolute atomic E-state index is 12.4. The number of esters is 1. The van der Waals surface area contributed by atoms with Crippen molar-refractivity contribution in [3.8, 4) is 0 Å². The minimum atomic E-state index is -0.562. The van der Waals surface area contributed by atoms with E-state index in [1.807, 2.05) is 37.3 Å². The van der Waals surface area contributed by atoms with Crippen LogP contribution in [0.25, 0.3) is 6.08 Å². The quantitative estimate of drug-likeness (QED) is 0.617. The van der Waals surface area contributed by atoms with Crippen molar-refractivity contribution in [1.29, 1.82) is 0 Å². The van der Waals surface area contributed by atoms with E-state index in [-0.39, 0.29) is 18.6 Å². The Hall–Kier alpha value is -2.59. The molecule has 3 rings (SSSR count). The molecule has 2 aromatic rings. The molecule has 2 aromatic carbocycles. The monoisotopic (exact) mass is 355 g/mol. The van der Waals surface area contributed by atoms with Crippen molar-refractivity contribution in [3.05, 3.63) is 70.8 Å². The maximum atomic E-state index is 12.4. The van der Waals surface area contributed by atoms with Gasteiger partial charge < -0.3 is 9.64 Å². The third-order valence-corrected chi connectivity index (χ3v) is 4.31. The molecule has 1 heterocycles. The van der Waals surface area contributed by atoms with Crippen LogP contribution in [0.2, 0.25) is 5.02 Å². The summed E-state index contributed by atoms with van der Waals surface area (Å²) in [5.74, 6) is -0.782. The van der Waals surface area contributed by atoms with Gasteiger partial charge in [-0.05, 0) is 48.7 Å². The fourth-order valence-electron chi connectivity index (χ4n) is 2.97. The molecule has 0 saturated carbocycles. The SMILES string of the molecule is C[C@H]1Cc2ccccc2N1C(=O)COC(=O)/C=C/c1cccc(Cl)c1. The molecule has 128 valence electrons. The van der Waals surface area contributed by atoms with Gasteiger partial charge >= 0.3 is 5.97 Å². The topological polar surface area (TPSA) is 46.6 Å². The molecule has 0 aliphatic carbocycles. The zero-order valence-electron chi connectivity index (χ0n) is 13.8. The van der Waals surface area contributed by atoms with Gasteiger partial charge in [0.05, 0.1) is 0 Å². The number of fused-ring (bicyclic) bond motifs is 1. The van der Waals surface area contributed by atoms with Crippen molar-refractivity contribution in [2.75, 3.05) is 11.5 Å². The van der Waals surface area contributed by atoms with Crippen LogP contribution < -0.4 is 4.90 Å². The second-order valence-electron chi connectivity index (χ2n) is 5.94. The number of amides is 1. The summed E-state index contributed by atoms with van der Waals surface area (Å²) in [6.45, 7) is 1.70. The highest BCUT2D eigenvalue weighted by Gasteiger charge is 2.30. The largest absolute Gasteiger partial charge is 0.452 e. The Morgan fingerprint density at radius 2 is 2.04 bits per heavy atom. The molecule has 1 aliphatic heterocycles. The first kappa shape index (κ1) is 17.2. The number of para-hydroxylation sites is 1. The summed E-state index contributed by atoms with van der Waals surface area (Å²) >= 11 is 5.89. The fourth-order valence-corrected chi connectivity index (χ4v) is 3.17. The van der Waals surface area contributed by atoms with Gasteiger partial charge in [0.2, 0.25) is 0 Å². The number of benzene rings is 2. The summed E-state index contributed by atoms with van der Waals surface area (Å²) in [4.78, 5) is 26.0. The van der Waals surface area contributed by atoms with E-state index in [0.29, 0.717) is 5.02 Å². The summed E-state index contributed by atoms with van der Waals surface area (Å²) in [6.07, 6.45) is 3.71. The van der Waals surface area contributed by atoms with E-state index in [1.165, 1.54) is 6.08 Å². The van der Waals surface area contributed by atoms with Gasteiger partial charge in [-0.3, -0.25) is 4.79 Å². The van der Waals surface area contributed by atoms with Crippen molar-refractivity contribution in [3.63, 3.8) is 0 Å². The lowest BCUT2D eigenvalue weighted by atomic mass is 10.1. The van der Waals surface area contributed by atoms with E-state index >= 15 is 0 Å². The van der Waals surface area contributed by atoms with Crippen LogP contribution in [0.3, 0.4) is 0 Å². The average molecular weight is 356 g/mol. The lowest BCUT2D eigenvalue weighted by molar-refractivity contribution is -0.143. The van der Waals surface area contributed by atoms with Crippen molar-refractivity contribution < 1.29 is 14.3 Å². The van der Waals surface area contributed by atoms with Gasteiger partial charge in [-0.25, -0.2) is 4.79 Å². The van der Waals surface area contributed by atoms with Crippen LogP contribution >= 0.6 is 11.6 Å². The molecular weight excluding hydrogens is 338 g/mol. The Labute approximate surface area is 151 Å². The average Bonchev–Trinajstić information content (AvgIpc) is 2.93. The number of carbonyl (C=O) groups excluding carboxylic acids is 2. The van der Waals surface area contributed by atoms with Crippen LogP contribution in [0.5, 0.6) is 0 Å². The van der Waals surface area contributed by atoms with Gasteiger partial charge in [-0.1, -0.05) is 41.9 Å². The molecule has 0 spiro atoms. The molecule has 0 saturated heterocycles. The van der Waals surface area contributed by atoms with E-state index in [2.05, 4.69) is 0 Å². The smallest absolute Gasteiger partial charge is 0.331 e. The minimum Gasteiger partial charge on any atom is -0.452 e. The molecule has 0 bridgehead atoms. The lowest BCUT2D eigenvalue weighted by Crippen LogP contribution is -2.38. The van der Waals surface area contributed by atoms with Crippen LogP contribution in [0.15, 0.2) is 54.6 Å². The number of halogens is 1. The Kier molecular flexibility index (Phi) is 5.19. The number of hydrogen-bond acceptors (Lipinski definition) is 3. The van der Waals surface area contributed by atoms with Gasteiger partial charge in [0, 0.05) is 22.8 Å². The summed E-state index contributed by atoms with van der Waals surface area (Å²) < 4.78 is 5.08. The lowest BCUT2D eigenvalue weighted by Gasteiger charge is -2.22. The van der Waals surface area contributed by atoms with E-state index in [4.69, 9.17) is 16.3 Å². The van der Waals surface area contributed by atoms with E-state index in [0.717, 1.165) is 23.2 Å². The summed E-state index contributed by atoms with van der Waals surface area (Å²) in [7, 11) is 0. The summed E-state index contributed by atoms with van der Waals surface area (Å²) in [5.41, 5.74) is 2.82. The van der Waals surface area contributed by atoms with Gasteiger partial charge in [-0.15, -0.1) is 0 Å². The number of ether oxygens (including phenoxy) is 1. The minimum absolute atomic E-state index is 0.0607. The van der Waals surface area contributed by atoms with E-state index in [1.54, 1.807) is 29.2 Å². The first-order chi connectivity index (χ1) is 12.0. The number of hydrogen-bond donors (Lipinski definition) is 0. The van der Waals surface area contributed by atoms with Gasteiger partial charge in [-0.2, -0.15) is 0 Å². The van der Waals surface area contributed by atoms with Crippen LogP contribution in [-0.4, -0.2) is 24.5 Å². The van der Waals surface area contributed by atoms with Gasteiger partial charge in [0.25, 0.3) is 5.91 Å². The number of anilines is 1. The van der Waals surface area contributed by atoms with Crippen LogP contribution in [0, 0.1) is 0 Å². The van der Waals surface area contributed by atoms with Crippen LogP contribution in [0.1, 0.15) is 18.1 Å². The molecule has 0 N–H and O–H groups in total. The first-order valence-electron chi connectivity index (χ1n) is 8.05. The molecule has 25 heavy (non-hydrogen) atoms. The molecule has 5 heteroatoms. The number of nitrogens with zero attached hydrogens (tertiary/aromatic N) is 1. The van der Waals surface area contributed by atoms with E-state index < -0.39 is 5.97 Å². The summed E-state index contributed by atoms with van der Waals surface area (Å²) in [6, 6.07) is 15.0. The molecule has 0 fully saturated rings. The highest BCUT2D eigenvalue weighted by molar-refractivity contribution is 6.30. The molecular formula is C20H18ClNO3. The van der Waals surface area contributed by atoms with Crippen molar-refractivity contribution in [2.24, 2.45) is 0 Å². The highest BCUT2D eigenvalue weighted by Crippen LogP contribution is 2.31. The van der Waals surface area contributed by atoms with Crippen molar-refractivity contribution in [1.82, 2.24) is 0 Å². The third-order valence-electron chi connectivity index (χ3n) is 4.07. The first-order valence-corrected chi connectivity index (χ1v) is 8.43. The highest BCUT2D eigenvalue weighted by atomic mass is 35.5. The Morgan fingerprint density at radius 1 is 1.24 bits per heavy atom. The van der Waals surface area contributed by atoms with E-state index in [9.17, 15) is 9.59 Å². The fraction of sp³-hybridized carbons (Fsp3) is 0.200. The molecule has 1 atom stereocenters.